The monoisotopic (exact) mass is 246 g/mol. The van der Waals surface area contributed by atoms with Crippen LogP contribution >= 0.6 is 0 Å². The van der Waals surface area contributed by atoms with Crippen LogP contribution in [0.15, 0.2) is 6.20 Å². The maximum Gasteiger partial charge on any atom is 0.410 e. The third-order valence-corrected chi connectivity index (χ3v) is 3.35. The Morgan fingerprint density at radius 2 is 2.11 bits per heavy atom. The smallest absolute Gasteiger partial charge is 0.410 e. The predicted molar refractivity (Wildman–Crippen MR) is 76.9 cm³/mol. The number of hydrogen-bond donors (Lipinski definition) is 0. The molecule has 1 aliphatic heterocycles. The van der Waals surface area contributed by atoms with Gasteiger partial charge in [0.05, 0.1) is 6.54 Å². The van der Waals surface area contributed by atoms with E-state index in [-0.39, 0.29) is 6.09 Å². The van der Waals surface area contributed by atoms with Gasteiger partial charge in [0.25, 0.3) is 0 Å². The molecule has 0 radical (unpaired) electrons. The molecule has 1 aromatic rings. The number of nitrogens with zero attached hydrogens (tertiary/aromatic N) is 2. The van der Waals surface area contributed by atoms with Crippen LogP contribution in [-0.4, -0.2) is 43.4 Å². The first-order valence-electron chi connectivity index (χ1n) is 6.39. The molecule has 0 fully saturated rings. The van der Waals surface area contributed by atoms with Gasteiger partial charge in [-0.25, -0.2) is 4.79 Å². The van der Waals surface area contributed by atoms with Crippen LogP contribution in [0.25, 0.3) is 0 Å². The first kappa shape index (κ1) is 13.1. The summed E-state index contributed by atoms with van der Waals surface area (Å²) >= 11 is 0. The molecule has 0 saturated carbocycles. The molecule has 1 aliphatic rings. The van der Waals surface area contributed by atoms with E-state index in [0.29, 0.717) is 6.54 Å². The summed E-state index contributed by atoms with van der Waals surface area (Å²) in [5.41, 5.74) is 3.44. The maximum absolute atomic E-state index is 12.0. The fraction of sp³-hybridized carbons (Fsp3) is 0.583. The minimum atomic E-state index is -0.427. The van der Waals surface area contributed by atoms with Gasteiger partial charge in [0.2, 0.25) is 7.98 Å². The lowest BCUT2D eigenvalue weighted by molar-refractivity contribution is 0.0225. The van der Waals surface area contributed by atoms with E-state index in [0.717, 1.165) is 13.0 Å². The lowest BCUT2D eigenvalue weighted by atomic mass is 9.93. The van der Waals surface area contributed by atoms with Crippen LogP contribution in [0.5, 0.6) is 0 Å². The lowest BCUT2D eigenvalue weighted by Crippen LogP contribution is -2.41. The van der Waals surface area contributed by atoms with E-state index in [4.69, 9.17) is 4.74 Å². The second-order valence-corrected chi connectivity index (χ2v) is 5.98. The fourth-order valence-corrected chi connectivity index (χ4v) is 2.29. The number of aromatic nitrogens is 1. The Morgan fingerprint density at radius 3 is 2.72 bits per heavy atom. The summed E-state index contributed by atoms with van der Waals surface area (Å²) in [7, 11) is 4.14. The third kappa shape index (κ3) is 2.57. The van der Waals surface area contributed by atoms with Crippen molar-refractivity contribution in [2.45, 2.75) is 39.3 Å². The van der Waals surface area contributed by atoms with Crippen molar-refractivity contribution in [1.82, 2.24) is 9.38 Å². The van der Waals surface area contributed by atoms with Gasteiger partial charge in [-0.2, -0.15) is 0 Å². The Hall–Kier alpha value is -1.32. The molecule has 0 N–H and O–H groups in total. The number of ether oxygens (including phenoxy) is 1. The van der Waals surface area contributed by atoms with Crippen LogP contribution in [-0.2, 0) is 17.7 Å². The van der Waals surface area contributed by atoms with Gasteiger partial charge in [0, 0.05) is 6.54 Å². The zero-order valence-electron chi connectivity index (χ0n) is 11.9. The van der Waals surface area contributed by atoms with Crippen molar-refractivity contribution in [3.63, 3.8) is 0 Å². The number of carbonyl (C=O) groups excluding carboxylic acids is 1. The third-order valence-electron chi connectivity index (χ3n) is 3.35. The van der Waals surface area contributed by atoms with Crippen molar-refractivity contribution >= 4 is 27.5 Å². The molecule has 0 bridgehead atoms. The molecule has 0 atom stereocenters. The second kappa shape index (κ2) is 4.41. The minimum absolute atomic E-state index is 0.212. The minimum Gasteiger partial charge on any atom is -0.444 e. The molecule has 6 heteroatoms. The molecule has 1 aromatic heterocycles. The summed E-state index contributed by atoms with van der Waals surface area (Å²) in [4.78, 5) is 13.8. The van der Waals surface area contributed by atoms with E-state index in [1.807, 2.05) is 28.8 Å². The Bertz CT molecular complexity index is 477. The van der Waals surface area contributed by atoms with Crippen LogP contribution in [0.3, 0.4) is 0 Å². The highest BCUT2D eigenvalue weighted by Crippen LogP contribution is 2.19. The summed E-state index contributed by atoms with van der Waals surface area (Å²) < 4.78 is 7.55. The van der Waals surface area contributed by atoms with Gasteiger partial charge < -0.3 is 14.1 Å². The van der Waals surface area contributed by atoms with Gasteiger partial charge in [0.1, 0.15) is 5.60 Å². The molecule has 18 heavy (non-hydrogen) atoms. The van der Waals surface area contributed by atoms with Gasteiger partial charge in [-0.3, -0.25) is 0 Å². The molecular weight excluding hydrogens is 226 g/mol. The van der Waals surface area contributed by atoms with E-state index in [1.54, 1.807) is 4.90 Å². The Labute approximate surface area is 110 Å². The second-order valence-electron chi connectivity index (χ2n) is 5.98. The molecule has 0 saturated heterocycles. The van der Waals surface area contributed by atoms with Crippen LogP contribution in [0.2, 0.25) is 0 Å². The van der Waals surface area contributed by atoms with Crippen LogP contribution in [0, 0.1) is 0 Å². The number of rotatable bonds is 0. The van der Waals surface area contributed by atoms with Gasteiger partial charge >= 0.3 is 6.09 Å². The SMILES string of the molecule is Bc1c2c(cn1B)CCN(C(=O)OC(C)(C)C)C2. The van der Waals surface area contributed by atoms with Crippen LogP contribution in [0.1, 0.15) is 31.9 Å². The molecule has 96 valence electrons. The molecule has 0 unspecified atom stereocenters. The normalized spacial score (nSPS) is 15.4. The molecular formula is C12H20B2N2O2. The Balaban J connectivity index is 2.12. The predicted octanol–water partition coefficient (Wildman–Crippen LogP) is -0.564. The van der Waals surface area contributed by atoms with Crippen LogP contribution < -0.4 is 5.59 Å². The zero-order chi connectivity index (χ0) is 13.5. The summed E-state index contributed by atoms with van der Waals surface area (Å²) in [5.74, 6) is 0. The maximum atomic E-state index is 12.0. The molecule has 4 nitrogen and oxygen atoms in total. The largest absolute Gasteiger partial charge is 0.444 e. The topological polar surface area (TPSA) is 34.5 Å². The Morgan fingerprint density at radius 1 is 1.44 bits per heavy atom. The molecule has 0 aliphatic carbocycles. The number of fused-ring (bicyclic) bond motifs is 1. The van der Waals surface area contributed by atoms with Gasteiger partial charge in [-0.05, 0) is 50.1 Å². The van der Waals surface area contributed by atoms with Gasteiger partial charge in [-0.1, -0.05) is 0 Å². The molecule has 2 rings (SSSR count). The van der Waals surface area contributed by atoms with Crippen molar-refractivity contribution < 1.29 is 9.53 Å². The van der Waals surface area contributed by atoms with Crippen LogP contribution in [0.4, 0.5) is 4.79 Å². The van der Waals surface area contributed by atoms with E-state index in [9.17, 15) is 4.79 Å². The molecule has 0 spiro atoms. The summed E-state index contributed by atoms with van der Waals surface area (Å²) in [6.45, 7) is 7.10. The fourth-order valence-electron chi connectivity index (χ4n) is 2.29. The molecule has 2 heterocycles. The van der Waals surface area contributed by atoms with Gasteiger partial charge in [0.15, 0.2) is 7.85 Å². The number of hydrogen-bond acceptors (Lipinski definition) is 2. The standard InChI is InChI=1S/C12H20B2N2O2/c1-12(2,3)18-11(17)15-5-4-8-6-16(14)10(13)9(8)7-15/h6H,4-5,7,13-14H2,1-3H3. The van der Waals surface area contributed by atoms with E-state index < -0.39 is 5.60 Å². The van der Waals surface area contributed by atoms with Gasteiger partial charge in [-0.15, -0.1) is 0 Å². The average molecular weight is 246 g/mol. The highest BCUT2D eigenvalue weighted by Gasteiger charge is 2.27. The number of amides is 1. The number of carbonyl (C=O) groups is 1. The summed E-state index contributed by atoms with van der Waals surface area (Å²) in [6.07, 6.45) is 2.87. The van der Waals surface area contributed by atoms with E-state index in [1.165, 1.54) is 16.7 Å². The van der Waals surface area contributed by atoms with Crippen molar-refractivity contribution in [1.29, 1.82) is 0 Å². The first-order chi connectivity index (χ1) is 8.28. The zero-order valence-corrected chi connectivity index (χ0v) is 11.9. The van der Waals surface area contributed by atoms with Crippen molar-refractivity contribution in [3.05, 3.63) is 17.3 Å². The average Bonchev–Trinajstić information content (AvgIpc) is 2.52. The molecule has 1 amide bonds. The highest BCUT2D eigenvalue weighted by atomic mass is 16.6. The Kier molecular flexibility index (Phi) is 3.21. The quantitative estimate of drug-likeness (QED) is 0.575. The van der Waals surface area contributed by atoms with E-state index in [2.05, 4.69) is 18.5 Å². The van der Waals surface area contributed by atoms with E-state index >= 15 is 0 Å². The van der Waals surface area contributed by atoms with Crippen molar-refractivity contribution in [2.75, 3.05) is 6.54 Å². The van der Waals surface area contributed by atoms with Crippen molar-refractivity contribution in [3.8, 4) is 0 Å². The summed E-state index contributed by atoms with van der Waals surface area (Å²) in [6, 6.07) is 0. The van der Waals surface area contributed by atoms with Crippen molar-refractivity contribution in [2.24, 2.45) is 0 Å². The molecule has 0 aromatic carbocycles. The summed E-state index contributed by atoms with van der Waals surface area (Å²) in [5, 5.41) is 0. The first-order valence-corrected chi connectivity index (χ1v) is 6.39. The lowest BCUT2D eigenvalue weighted by Gasteiger charge is -2.30. The highest BCUT2D eigenvalue weighted by molar-refractivity contribution is 6.35.